The fraction of sp³-hybridized carbons (Fsp3) is 0.609. The molecular formula is C46H69N3. The van der Waals surface area contributed by atoms with Gasteiger partial charge in [0.25, 0.3) is 0 Å². The molecule has 0 radical (unpaired) electrons. The van der Waals surface area contributed by atoms with Crippen LogP contribution >= 0.6 is 0 Å². The molecule has 0 heterocycles. The van der Waals surface area contributed by atoms with Crippen LogP contribution in [0.2, 0.25) is 0 Å². The molecule has 0 atom stereocenters. The van der Waals surface area contributed by atoms with E-state index in [4.69, 9.17) is 10.5 Å². The molecule has 0 unspecified atom stereocenters. The summed E-state index contributed by atoms with van der Waals surface area (Å²) in [7, 11) is 0. The molecule has 3 nitrogen and oxygen atoms in total. The predicted octanol–water partition coefficient (Wildman–Crippen LogP) is 14.2. The van der Waals surface area contributed by atoms with Gasteiger partial charge in [-0.05, 0) is 72.4 Å². The van der Waals surface area contributed by atoms with Gasteiger partial charge >= 0.3 is 0 Å². The summed E-state index contributed by atoms with van der Waals surface area (Å²) in [4.78, 5) is 2.80. The number of hydrogen-bond donors (Lipinski definition) is 0. The van der Waals surface area contributed by atoms with Crippen molar-refractivity contribution in [1.29, 1.82) is 10.5 Å². The van der Waals surface area contributed by atoms with Gasteiger partial charge in [0.05, 0.1) is 0 Å². The molecule has 0 aliphatic rings. The number of benzene rings is 2. The van der Waals surface area contributed by atoms with Gasteiger partial charge in [-0.25, -0.2) is 0 Å². The summed E-state index contributed by atoms with van der Waals surface area (Å²) in [5.41, 5.74) is 4.67. The maximum Gasteiger partial charge on any atom is 0.130 e. The zero-order chi connectivity index (χ0) is 35.4. The first-order valence-electron chi connectivity index (χ1n) is 20.2. The van der Waals surface area contributed by atoms with E-state index in [0.29, 0.717) is 0 Å². The van der Waals surface area contributed by atoms with Crippen molar-refractivity contribution in [2.24, 2.45) is 11.8 Å². The van der Waals surface area contributed by atoms with E-state index in [1.807, 2.05) is 36.4 Å². The zero-order valence-electron chi connectivity index (χ0n) is 31.9. The Morgan fingerprint density at radius 1 is 0.510 bits per heavy atom. The van der Waals surface area contributed by atoms with Crippen molar-refractivity contribution in [3.8, 4) is 12.1 Å². The van der Waals surface area contributed by atoms with E-state index in [-0.39, 0.29) is 5.57 Å². The van der Waals surface area contributed by atoms with Gasteiger partial charge < -0.3 is 4.90 Å². The smallest absolute Gasteiger partial charge is 0.130 e. The van der Waals surface area contributed by atoms with Crippen LogP contribution in [0.1, 0.15) is 173 Å². The topological polar surface area (TPSA) is 50.8 Å². The fourth-order valence-corrected chi connectivity index (χ4v) is 6.95. The van der Waals surface area contributed by atoms with E-state index >= 15 is 0 Å². The van der Waals surface area contributed by atoms with Gasteiger partial charge in [-0.15, -0.1) is 0 Å². The van der Waals surface area contributed by atoms with E-state index in [1.165, 1.54) is 153 Å². The Morgan fingerprint density at radius 2 is 0.857 bits per heavy atom. The lowest BCUT2D eigenvalue weighted by atomic mass is 9.91. The first-order chi connectivity index (χ1) is 24.1. The molecule has 0 amide bonds. The van der Waals surface area contributed by atoms with E-state index in [0.717, 1.165) is 23.0 Å². The summed E-state index contributed by atoms with van der Waals surface area (Å²) in [6, 6.07) is 21.2. The van der Waals surface area contributed by atoms with Gasteiger partial charge in [-0.1, -0.05) is 179 Å². The molecule has 0 spiro atoms. The molecule has 0 N–H and O–H groups in total. The summed E-state index contributed by atoms with van der Waals surface area (Å²) in [6.07, 6.45) is 33.1. The largest absolute Gasteiger partial charge is 0.371 e. The van der Waals surface area contributed by atoms with Crippen LogP contribution in [0.4, 0.5) is 5.69 Å². The standard InChI is InChI=1S/C46H69N3/c1-5-9-13-17-21-43(22-18-14-10-6-2)38-49(39-44(23-19-15-11-7-3)24-20-16-12-8-4)46-33-31-41(32-34-46)26-25-40-27-29-42(30-28-40)35-45(36-47)37-48/h25-35,43-44H,5-24,38-39H2,1-4H3/b26-25+. The Hall–Kier alpha value is -3.30. The number of anilines is 1. The van der Waals surface area contributed by atoms with Crippen LogP contribution in [0.3, 0.4) is 0 Å². The molecule has 0 fully saturated rings. The molecule has 2 aromatic carbocycles. The van der Waals surface area contributed by atoms with Gasteiger partial charge in [0.2, 0.25) is 0 Å². The lowest BCUT2D eigenvalue weighted by molar-refractivity contribution is 0.368. The molecule has 2 aromatic rings. The molecule has 3 heteroatoms. The average molecular weight is 664 g/mol. The molecule has 0 aliphatic carbocycles. The minimum atomic E-state index is 0.121. The lowest BCUT2D eigenvalue weighted by Crippen LogP contribution is -2.34. The summed E-state index contributed by atoms with van der Waals surface area (Å²) < 4.78 is 0. The molecule has 0 saturated carbocycles. The molecule has 0 aromatic heterocycles. The molecule has 0 aliphatic heterocycles. The van der Waals surface area contributed by atoms with E-state index in [2.05, 4.69) is 69.0 Å². The van der Waals surface area contributed by atoms with Crippen LogP contribution in [0, 0.1) is 34.5 Å². The number of allylic oxidation sites excluding steroid dienone is 1. The Balaban J connectivity index is 2.27. The third-order valence-electron chi connectivity index (χ3n) is 10.0. The average Bonchev–Trinajstić information content (AvgIpc) is 3.13. The lowest BCUT2D eigenvalue weighted by Gasteiger charge is -2.33. The van der Waals surface area contributed by atoms with Crippen LogP contribution in [-0.2, 0) is 0 Å². The summed E-state index contributed by atoms with van der Waals surface area (Å²) in [5.74, 6) is 1.54. The van der Waals surface area contributed by atoms with E-state index in [9.17, 15) is 0 Å². The van der Waals surface area contributed by atoms with E-state index in [1.54, 1.807) is 6.08 Å². The SMILES string of the molecule is CCCCCCC(CCCCCC)CN(CC(CCCCCC)CCCCCC)c1ccc(/C=C/c2ccc(C=C(C#N)C#N)cc2)cc1. The molecular weight excluding hydrogens is 595 g/mol. The first kappa shape index (κ1) is 41.9. The van der Waals surface area contributed by atoms with Crippen molar-refractivity contribution in [2.75, 3.05) is 18.0 Å². The summed E-state index contributed by atoms with van der Waals surface area (Å²) in [6.45, 7) is 11.7. The van der Waals surface area contributed by atoms with Crippen molar-refractivity contribution in [1.82, 2.24) is 0 Å². The normalized spacial score (nSPS) is 11.3. The monoisotopic (exact) mass is 664 g/mol. The first-order valence-corrected chi connectivity index (χ1v) is 20.2. The molecule has 0 bridgehead atoms. The second kappa shape index (κ2) is 27.5. The Kier molecular flexibility index (Phi) is 23.5. The van der Waals surface area contributed by atoms with Crippen molar-refractivity contribution in [2.45, 2.75) is 156 Å². The van der Waals surface area contributed by atoms with Gasteiger partial charge in [-0.3, -0.25) is 0 Å². The summed E-state index contributed by atoms with van der Waals surface area (Å²) >= 11 is 0. The maximum absolute atomic E-state index is 9.05. The highest BCUT2D eigenvalue weighted by Crippen LogP contribution is 2.28. The Morgan fingerprint density at radius 3 is 1.20 bits per heavy atom. The van der Waals surface area contributed by atoms with Crippen LogP contribution in [0.15, 0.2) is 54.1 Å². The van der Waals surface area contributed by atoms with Gasteiger partial charge in [0.1, 0.15) is 17.7 Å². The number of nitriles is 2. The molecule has 2 rings (SSSR count). The molecule has 0 saturated heterocycles. The number of rotatable bonds is 28. The van der Waals surface area contributed by atoms with Gasteiger partial charge in [0, 0.05) is 18.8 Å². The minimum absolute atomic E-state index is 0.121. The fourth-order valence-electron chi connectivity index (χ4n) is 6.95. The predicted molar refractivity (Wildman–Crippen MR) is 215 cm³/mol. The minimum Gasteiger partial charge on any atom is -0.371 e. The number of unbranched alkanes of at least 4 members (excludes halogenated alkanes) is 12. The van der Waals surface area contributed by atoms with Crippen molar-refractivity contribution in [3.05, 3.63) is 70.8 Å². The molecule has 268 valence electrons. The van der Waals surface area contributed by atoms with Gasteiger partial charge in [-0.2, -0.15) is 10.5 Å². The maximum atomic E-state index is 9.05. The third kappa shape index (κ3) is 18.9. The number of hydrogen-bond acceptors (Lipinski definition) is 3. The second-order valence-corrected chi connectivity index (χ2v) is 14.4. The van der Waals surface area contributed by atoms with Crippen LogP contribution in [0.5, 0.6) is 0 Å². The van der Waals surface area contributed by atoms with E-state index < -0.39 is 0 Å². The van der Waals surface area contributed by atoms with Crippen LogP contribution < -0.4 is 4.90 Å². The van der Waals surface area contributed by atoms with Crippen LogP contribution in [-0.4, -0.2) is 13.1 Å². The summed E-state index contributed by atoms with van der Waals surface area (Å²) in [5, 5.41) is 18.1. The van der Waals surface area contributed by atoms with Crippen LogP contribution in [0.25, 0.3) is 18.2 Å². The highest BCUT2D eigenvalue weighted by atomic mass is 15.1. The quantitative estimate of drug-likeness (QED) is 0.0517. The van der Waals surface area contributed by atoms with Crippen molar-refractivity contribution < 1.29 is 0 Å². The van der Waals surface area contributed by atoms with Gasteiger partial charge in [0.15, 0.2) is 0 Å². The molecule has 49 heavy (non-hydrogen) atoms. The third-order valence-corrected chi connectivity index (χ3v) is 10.0. The Labute approximate surface area is 302 Å². The highest BCUT2D eigenvalue weighted by Gasteiger charge is 2.19. The van der Waals surface area contributed by atoms with Crippen molar-refractivity contribution in [3.63, 3.8) is 0 Å². The zero-order valence-corrected chi connectivity index (χ0v) is 31.9. The van der Waals surface area contributed by atoms with Crippen molar-refractivity contribution >= 4 is 23.9 Å². The highest BCUT2D eigenvalue weighted by molar-refractivity contribution is 5.71. The second-order valence-electron chi connectivity index (χ2n) is 14.4. The number of nitrogens with zero attached hydrogens (tertiary/aromatic N) is 3. The Bertz CT molecular complexity index is 1170.